The average Bonchev–Trinajstić information content (AvgIpc) is 2.31. The molecule has 0 saturated carbocycles. The van der Waals surface area contributed by atoms with E-state index in [0.29, 0.717) is 23.9 Å². The zero-order valence-corrected chi connectivity index (χ0v) is 13.8. The molecule has 1 fully saturated rings. The van der Waals surface area contributed by atoms with Crippen LogP contribution in [0.1, 0.15) is 12.8 Å². The maximum absolute atomic E-state index is 12.2. The molecule has 1 unspecified atom stereocenters. The van der Waals surface area contributed by atoms with Gasteiger partial charge >= 0.3 is 0 Å². The second kappa shape index (κ2) is 5.90. The van der Waals surface area contributed by atoms with E-state index >= 15 is 0 Å². The molecule has 0 aromatic heterocycles. The molecule has 1 aromatic carbocycles. The summed E-state index contributed by atoms with van der Waals surface area (Å²) in [5.74, 6) is -0.0414. The quantitative estimate of drug-likeness (QED) is 0.795. The molecular formula is C11H12Br2N2O3S. The van der Waals surface area contributed by atoms with Crippen LogP contribution in [0.3, 0.4) is 0 Å². The molecule has 104 valence electrons. The maximum atomic E-state index is 12.2. The van der Waals surface area contributed by atoms with E-state index in [2.05, 4.69) is 41.9 Å². The lowest BCUT2D eigenvalue weighted by molar-refractivity contribution is -0.122. The first-order chi connectivity index (χ1) is 8.88. The summed E-state index contributed by atoms with van der Waals surface area (Å²) in [7, 11) is -3.59. The molecule has 1 amide bonds. The predicted molar refractivity (Wildman–Crippen MR) is 78.2 cm³/mol. The van der Waals surface area contributed by atoms with E-state index in [9.17, 15) is 13.2 Å². The minimum atomic E-state index is -3.59. The van der Waals surface area contributed by atoms with Crippen LogP contribution < -0.4 is 10.0 Å². The molecule has 2 rings (SSSR count). The van der Waals surface area contributed by atoms with Crippen LogP contribution in [0.5, 0.6) is 0 Å². The summed E-state index contributed by atoms with van der Waals surface area (Å²) < 4.78 is 28.4. The number of hydrogen-bond acceptors (Lipinski definition) is 3. The number of halogens is 2. The predicted octanol–water partition coefficient (Wildman–Crippen LogP) is 1.77. The Bertz CT molecular complexity index is 594. The van der Waals surface area contributed by atoms with E-state index in [1.807, 2.05) is 0 Å². The number of amides is 1. The van der Waals surface area contributed by atoms with Crippen molar-refractivity contribution in [2.75, 3.05) is 6.54 Å². The minimum Gasteiger partial charge on any atom is -0.355 e. The highest BCUT2D eigenvalue weighted by Crippen LogP contribution is 2.26. The summed E-state index contributed by atoms with van der Waals surface area (Å²) in [6.45, 7) is 0.326. The Morgan fingerprint density at radius 1 is 1.32 bits per heavy atom. The van der Waals surface area contributed by atoms with E-state index in [0.717, 1.165) is 4.47 Å². The summed E-state index contributed by atoms with van der Waals surface area (Å²) in [5, 5.41) is 2.64. The van der Waals surface area contributed by atoms with Gasteiger partial charge in [-0.3, -0.25) is 4.79 Å². The van der Waals surface area contributed by atoms with Crippen LogP contribution in [0.2, 0.25) is 0 Å². The van der Waals surface area contributed by atoms with Gasteiger partial charge in [0.15, 0.2) is 0 Å². The minimum absolute atomic E-state index is 0.0414. The molecule has 2 N–H and O–H groups in total. The second-order valence-corrected chi connectivity index (χ2v) is 7.69. The Kier molecular flexibility index (Phi) is 4.65. The molecule has 0 spiro atoms. The number of nitrogens with one attached hydrogen (secondary N) is 2. The number of hydrogen-bond donors (Lipinski definition) is 2. The van der Waals surface area contributed by atoms with Crippen molar-refractivity contribution in [2.45, 2.75) is 23.8 Å². The van der Waals surface area contributed by atoms with Crippen LogP contribution in [-0.4, -0.2) is 26.9 Å². The number of carbonyl (C=O) groups is 1. The molecule has 19 heavy (non-hydrogen) atoms. The van der Waals surface area contributed by atoms with Crippen molar-refractivity contribution in [1.29, 1.82) is 0 Å². The fraction of sp³-hybridized carbons (Fsp3) is 0.364. The number of benzene rings is 1. The Hall–Kier alpha value is -0.440. The van der Waals surface area contributed by atoms with E-state index in [4.69, 9.17) is 0 Å². The topological polar surface area (TPSA) is 75.3 Å². The molecule has 1 heterocycles. The lowest BCUT2D eigenvalue weighted by atomic mass is 10.1. The van der Waals surface area contributed by atoms with Gasteiger partial charge in [-0.2, -0.15) is 0 Å². The summed E-state index contributed by atoms with van der Waals surface area (Å²) >= 11 is 6.51. The van der Waals surface area contributed by atoms with Gasteiger partial charge in [0.25, 0.3) is 0 Å². The van der Waals surface area contributed by atoms with Crippen molar-refractivity contribution in [1.82, 2.24) is 10.0 Å². The van der Waals surface area contributed by atoms with Crippen molar-refractivity contribution in [2.24, 2.45) is 0 Å². The van der Waals surface area contributed by atoms with E-state index in [1.165, 1.54) is 6.07 Å². The third-order valence-electron chi connectivity index (χ3n) is 2.77. The monoisotopic (exact) mass is 410 g/mol. The van der Waals surface area contributed by atoms with Crippen LogP contribution in [0.25, 0.3) is 0 Å². The second-order valence-electron chi connectivity index (χ2n) is 4.24. The van der Waals surface area contributed by atoms with Crippen LogP contribution in [-0.2, 0) is 14.8 Å². The third-order valence-corrected chi connectivity index (χ3v) is 5.76. The first kappa shape index (κ1) is 15.0. The summed E-state index contributed by atoms with van der Waals surface area (Å²) in [6, 6.07) is 4.61. The normalized spacial score (nSPS) is 20.1. The lowest BCUT2D eigenvalue weighted by Gasteiger charge is -2.23. The fourth-order valence-corrected chi connectivity index (χ4v) is 4.83. The van der Waals surface area contributed by atoms with Crippen molar-refractivity contribution >= 4 is 47.8 Å². The summed E-state index contributed by atoms with van der Waals surface area (Å²) in [6.07, 6.45) is 0.855. The van der Waals surface area contributed by atoms with Gasteiger partial charge in [-0.15, -0.1) is 0 Å². The van der Waals surface area contributed by atoms with E-state index < -0.39 is 10.0 Å². The molecule has 1 atom stereocenters. The zero-order chi connectivity index (χ0) is 14.0. The SMILES string of the molecule is O=C1CCC(NS(=O)(=O)c2ccc(Br)cc2Br)CN1. The standard InChI is InChI=1S/C11H12Br2N2O3S/c12-7-1-3-10(9(13)5-7)19(17,18)15-8-2-4-11(16)14-6-8/h1,3,5,8,15H,2,4,6H2,(H,14,16). The van der Waals surface area contributed by atoms with Crippen LogP contribution in [0.15, 0.2) is 32.0 Å². The number of sulfonamides is 1. The van der Waals surface area contributed by atoms with Gasteiger partial charge in [0.2, 0.25) is 15.9 Å². The van der Waals surface area contributed by atoms with Crippen molar-refractivity contribution in [3.8, 4) is 0 Å². The van der Waals surface area contributed by atoms with Gasteiger partial charge in [-0.25, -0.2) is 13.1 Å². The van der Waals surface area contributed by atoms with E-state index in [-0.39, 0.29) is 16.8 Å². The Morgan fingerprint density at radius 2 is 2.05 bits per heavy atom. The highest BCUT2D eigenvalue weighted by atomic mass is 79.9. The number of rotatable bonds is 3. The highest BCUT2D eigenvalue weighted by molar-refractivity contribution is 9.11. The van der Waals surface area contributed by atoms with Gasteiger partial charge < -0.3 is 5.32 Å². The molecule has 0 radical (unpaired) electrons. The Labute approximate surface area is 128 Å². The summed E-state index contributed by atoms with van der Waals surface area (Å²) in [4.78, 5) is 11.2. The van der Waals surface area contributed by atoms with Crippen LogP contribution >= 0.6 is 31.9 Å². The van der Waals surface area contributed by atoms with Crippen molar-refractivity contribution in [3.63, 3.8) is 0 Å². The van der Waals surface area contributed by atoms with Crippen molar-refractivity contribution in [3.05, 3.63) is 27.1 Å². The maximum Gasteiger partial charge on any atom is 0.242 e. The first-order valence-electron chi connectivity index (χ1n) is 5.62. The molecule has 1 aliphatic rings. The highest BCUT2D eigenvalue weighted by Gasteiger charge is 2.25. The Morgan fingerprint density at radius 3 is 2.63 bits per heavy atom. The van der Waals surface area contributed by atoms with Crippen LogP contribution in [0.4, 0.5) is 0 Å². The largest absolute Gasteiger partial charge is 0.355 e. The average molecular weight is 412 g/mol. The zero-order valence-electron chi connectivity index (χ0n) is 9.82. The molecule has 5 nitrogen and oxygen atoms in total. The molecule has 0 bridgehead atoms. The van der Waals surface area contributed by atoms with Gasteiger partial charge in [0.1, 0.15) is 0 Å². The molecule has 1 aromatic rings. The summed E-state index contributed by atoms with van der Waals surface area (Å²) in [5.41, 5.74) is 0. The van der Waals surface area contributed by atoms with Gasteiger partial charge in [-0.1, -0.05) is 15.9 Å². The van der Waals surface area contributed by atoms with Gasteiger partial charge in [0, 0.05) is 28.0 Å². The van der Waals surface area contributed by atoms with Gasteiger partial charge in [-0.05, 0) is 40.5 Å². The van der Waals surface area contributed by atoms with Gasteiger partial charge in [0.05, 0.1) is 4.90 Å². The molecule has 1 aliphatic heterocycles. The molecule has 8 heteroatoms. The molecular weight excluding hydrogens is 400 g/mol. The Balaban J connectivity index is 2.16. The van der Waals surface area contributed by atoms with E-state index in [1.54, 1.807) is 12.1 Å². The van der Waals surface area contributed by atoms with Crippen LogP contribution in [0, 0.1) is 0 Å². The number of piperidine rings is 1. The fourth-order valence-electron chi connectivity index (χ4n) is 1.81. The smallest absolute Gasteiger partial charge is 0.242 e. The molecule has 0 aliphatic carbocycles. The molecule has 1 saturated heterocycles. The first-order valence-corrected chi connectivity index (χ1v) is 8.69. The number of carbonyl (C=O) groups excluding carboxylic acids is 1. The lowest BCUT2D eigenvalue weighted by Crippen LogP contribution is -2.47. The van der Waals surface area contributed by atoms with Crippen molar-refractivity contribution < 1.29 is 13.2 Å². The third kappa shape index (κ3) is 3.77.